The lowest BCUT2D eigenvalue weighted by atomic mass is 10.3. The van der Waals surface area contributed by atoms with Gasteiger partial charge in [0.2, 0.25) is 10.0 Å². The molecular formula is C11H13BrClNO5S. The van der Waals surface area contributed by atoms with E-state index in [0.29, 0.717) is 4.47 Å². The van der Waals surface area contributed by atoms with E-state index in [1.165, 1.54) is 33.2 Å². The summed E-state index contributed by atoms with van der Waals surface area (Å²) in [6.45, 7) is 1.27. The first-order chi connectivity index (χ1) is 9.12. The van der Waals surface area contributed by atoms with Crippen LogP contribution in [0.5, 0.6) is 5.75 Å². The molecule has 0 fully saturated rings. The molecule has 112 valence electrons. The van der Waals surface area contributed by atoms with E-state index < -0.39 is 22.0 Å². The van der Waals surface area contributed by atoms with Crippen LogP contribution in [0.1, 0.15) is 6.92 Å². The van der Waals surface area contributed by atoms with Crippen LogP contribution in [0.2, 0.25) is 5.02 Å². The standard InChI is InChI=1S/C11H13BrClNO5S/c1-6(11(15)16)14(2)20(17,18)9-5-7(13)4-8(12)10(9)19-3/h4-6H,1-3H3,(H,15,16). The number of hydrogen-bond donors (Lipinski definition) is 1. The maximum atomic E-state index is 12.5. The zero-order valence-electron chi connectivity index (χ0n) is 10.9. The van der Waals surface area contributed by atoms with Gasteiger partial charge in [0.15, 0.2) is 5.75 Å². The SMILES string of the molecule is COc1c(Br)cc(Cl)cc1S(=O)(=O)N(C)C(C)C(=O)O. The molecule has 1 aromatic carbocycles. The molecule has 0 amide bonds. The van der Waals surface area contributed by atoms with Gasteiger partial charge in [-0.25, -0.2) is 8.42 Å². The highest BCUT2D eigenvalue weighted by atomic mass is 79.9. The average molecular weight is 387 g/mol. The van der Waals surface area contributed by atoms with E-state index in [2.05, 4.69) is 15.9 Å². The summed E-state index contributed by atoms with van der Waals surface area (Å²) >= 11 is 9.00. The highest BCUT2D eigenvalue weighted by molar-refractivity contribution is 9.10. The molecule has 0 aliphatic heterocycles. The number of ether oxygens (including phenoxy) is 1. The summed E-state index contributed by atoms with van der Waals surface area (Å²) in [6, 6.07) is 1.48. The summed E-state index contributed by atoms with van der Waals surface area (Å²) < 4.78 is 31.1. The molecule has 0 spiro atoms. The third kappa shape index (κ3) is 3.25. The van der Waals surface area contributed by atoms with Crippen LogP contribution in [0.15, 0.2) is 21.5 Å². The van der Waals surface area contributed by atoms with Gasteiger partial charge in [-0.05, 0) is 35.0 Å². The maximum absolute atomic E-state index is 12.5. The Morgan fingerprint density at radius 2 is 2.05 bits per heavy atom. The molecule has 0 radical (unpaired) electrons. The second kappa shape index (κ2) is 6.30. The molecule has 1 aromatic rings. The molecule has 0 aliphatic rings. The Morgan fingerprint density at radius 1 is 1.50 bits per heavy atom. The zero-order chi connectivity index (χ0) is 15.7. The Bertz CT molecular complexity index is 634. The third-order valence-electron chi connectivity index (χ3n) is 2.74. The zero-order valence-corrected chi connectivity index (χ0v) is 14.1. The molecular weight excluding hydrogens is 374 g/mol. The van der Waals surface area contributed by atoms with Crippen molar-refractivity contribution in [1.29, 1.82) is 0 Å². The van der Waals surface area contributed by atoms with Crippen LogP contribution in [0, 0.1) is 0 Å². The van der Waals surface area contributed by atoms with Gasteiger partial charge in [-0.15, -0.1) is 0 Å². The van der Waals surface area contributed by atoms with E-state index in [0.717, 1.165) is 4.31 Å². The van der Waals surface area contributed by atoms with Crippen LogP contribution >= 0.6 is 27.5 Å². The maximum Gasteiger partial charge on any atom is 0.321 e. The summed E-state index contributed by atoms with van der Waals surface area (Å²) in [6.07, 6.45) is 0. The largest absolute Gasteiger partial charge is 0.494 e. The molecule has 1 N–H and O–H groups in total. The lowest BCUT2D eigenvalue weighted by Crippen LogP contribution is -2.40. The quantitative estimate of drug-likeness (QED) is 0.839. The van der Waals surface area contributed by atoms with Crippen LogP contribution in [0.4, 0.5) is 0 Å². The van der Waals surface area contributed by atoms with E-state index in [-0.39, 0.29) is 15.7 Å². The molecule has 6 nitrogen and oxygen atoms in total. The fourth-order valence-electron chi connectivity index (χ4n) is 1.45. The Hall–Kier alpha value is -0.830. The molecule has 0 heterocycles. The minimum absolute atomic E-state index is 0.0684. The highest BCUT2D eigenvalue weighted by Gasteiger charge is 2.32. The molecule has 1 atom stereocenters. The van der Waals surface area contributed by atoms with Gasteiger partial charge < -0.3 is 9.84 Å². The predicted molar refractivity (Wildman–Crippen MR) is 77.8 cm³/mol. The Kier molecular flexibility index (Phi) is 5.42. The van der Waals surface area contributed by atoms with Gasteiger partial charge in [-0.3, -0.25) is 4.79 Å². The summed E-state index contributed by atoms with van der Waals surface area (Å²) in [7, 11) is -1.56. The van der Waals surface area contributed by atoms with Crippen LogP contribution in [-0.2, 0) is 14.8 Å². The minimum Gasteiger partial charge on any atom is -0.494 e. The van der Waals surface area contributed by atoms with Crippen molar-refractivity contribution in [2.45, 2.75) is 17.9 Å². The monoisotopic (exact) mass is 385 g/mol. The Morgan fingerprint density at radius 3 is 2.50 bits per heavy atom. The van der Waals surface area contributed by atoms with Gasteiger partial charge in [0.1, 0.15) is 10.9 Å². The van der Waals surface area contributed by atoms with E-state index in [9.17, 15) is 13.2 Å². The number of benzene rings is 1. The number of likely N-dealkylation sites (N-methyl/N-ethyl adjacent to an activating group) is 1. The summed E-state index contributed by atoms with van der Waals surface area (Å²) in [5.41, 5.74) is 0. The van der Waals surface area contributed by atoms with Gasteiger partial charge in [0, 0.05) is 12.1 Å². The molecule has 0 bridgehead atoms. The number of carboxylic acids is 1. The fraction of sp³-hybridized carbons (Fsp3) is 0.364. The van der Waals surface area contributed by atoms with Gasteiger partial charge >= 0.3 is 5.97 Å². The van der Waals surface area contributed by atoms with E-state index in [1.807, 2.05) is 0 Å². The summed E-state index contributed by atoms with van der Waals surface area (Å²) in [5, 5.41) is 9.11. The molecule has 1 rings (SSSR count). The molecule has 9 heteroatoms. The molecule has 0 saturated carbocycles. The van der Waals surface area contributed by atoms with Crippen molar-refractivity contribution >= 4 is 43.5 Å². The third-order valence-corrected chi connectivity index (χ3v) is 5.48. The average Bonchev–Trinajstić information content (AvgIpc) is 2.35. The molecule has 0 saturated heterocycles. The number of rotatable bonds is 5. The lowest BCUT2D eigenvalue weighted by molar-refractivity contribution is -0.140. The Labute approximate surface area is 130 Å². The van der Waals surface area contributed by atoms with E-state index >= 15 is 0 Å². The second-order valence-corrected chi connectivity index (χ2v) is 7.21. The molecule has 20 heavy (non-hydrogen) atoms. The number of hydrogen-bond acceptors (Lipinski definition) is 4. The number of halogens is 2. The van der Waals surface area contributed by atoms with Crippen molar-refractivity contribution in [3.8, 4) is 5.75 Å². The van der Waals surface area contributed by atoms with Gasteiger partial charge in [0.05, 0.1) is 11.6 Å². The van der Waals surface area contributed by atoms with Crippen molar-refractivity contribution < 1.29 is 23.1 Å². The van der Waals surface area contributed by atoms with Crippen LogP contribution in [0.3, 0.4) is 0 Å². The second-order valence-electron chi connectivity index (χ2n) is 3.95. The minimum atomic E-state index is -4.06. The number of carboxylic acid groups (broad SMARTS) is 1. The lowest BCUT2D eigenvalue weighted by Gasteiger charge is -2.22. The fourth-order valence-corrected chi connectivity index (χ4v) is 4.13. The first-order valence-corrected chi connectivity index (χ1v) is 7.98. The highest BCUT2D eigenvalue weighted by Crippen LogP contribution is 2.36. The number of sulfonamides is 1. The number of nitrogens with zero attached hydrogens (tertiary/aromatic N) is 1. The van der Waals surface area contributed by atoms with Crippen molar-refractivity contribution in [3.63, 3.8) is 0 Å². The predicted octanol–water partition coefficient (Wildman–Crippen LogP) is 2.20. The van der Waals surface area contributed by atoms with Crippen molar-refractivity contribution in [3.05, 3.63) is 21.6 Å². The number of methoxy groups -OCH3 is 1. The van der Waals surface area contributed by atoms with E-state index in [4.69, 9.17) is 21.4 Å². The van der Waals surface area contributed by atoms with Crippen LogP contribution < -0.4 is 4.74 Å². The van der Waals surface area contributed by atoms with Crippen LogP contribution in [-0.4, -0.2) is 44.0 Å². The molecule has 0 aromatic heterocycles. The first kappa shape index (κ1) is 17.2. The first-order valence-electron chi connectivity index (χ1n) is 5.36. The van der Waals surface area contributed by atoms with Crippen molar-refractivity contribution in [2.24, 2.45) is 0 Å². The topological polar surface area (TPSA) is 83.9 Å². The van der Waals surface area contributed by atoms with Gasteiger partial charge in [-0.2, -0.15) is 4.31 Å². The Balaban J connectivity index is 3.46. The van der Waals surface area contributed by atoms with Gasteiger partial charge in [0.25, 0.3) is 0 Å². The molecule has 0 aliphatic carbocycles. The number of carbonyl (C=O) groups is 1. The smallest absolute Gasteiger partial charge is 0.321 e. The normalized spacial score (nSPS) is 13.3. The summed E-state index contributed by atoms with van der Waals surface area (Å²) in [4.78, 5) is 10.7. The van der Waals surface area contributed by atoms with Gasteiger partial charge in [-0.1, -0.05) is 11.6 Å². The number of aliphatic carboxylic acids is 1. The van der Waals surface area contributed by atoms with Crippen molar-refractivity contribution in [1.82, 2.24) is 4.31 Å². The van der Waals surface area contributed by atoms with Crippen molar-refractivity contribution in [2.75, 3.05) is 14.2 Å². The molecule has 1 unspecified atom stereocenters. The van der Waals surface area contributed by atoms with E-state index in [1.54, 1.807) is 0 Å². The summed E-state index contributed by atoms with van der Waals surface area (Å²) in [5.74, 6) is -1.19. The van der Waals surface area contributed by atoms with Crippen LogP contribution in [0.25, 0.3) is 0 Å².